The summed E-state index contributed by atoms with van der Waals surface area (Å²) in [5.74, 6) is 0.821. The van der Waals surface area contributed by atoms with Crippen molar-refractivity contribution in [3.63, 3.8) is 0 Å². The molecule has 4 heteroatoms. The summed E-state index contributed by atoms with van der Waals surface area (Å²) < 4.78 is 2.06. The third kappa shape index (κ3) is 3.00. The van der Waals surface area contributed by atoms with Crippen molar-refractivity contribution in [2.45, 2.75) is 39.2 Å². The van der Waals surface area contributed by atoms with Crippen LogP contribution in [0, 0.1) is 5.92 Å². The van der Waals surface area contributed by atoms with Gasteiger partial charge in [0.2, 0.25) is 0 Å². The molecule has 1 aromatic rings. The van der Waals surface area contributed by atoms with Crippen LogP contribution in [0.25, 0.3) is 0 Å². The predicted octanol–water partition coefficient (Wildman–Crippen LogP) is 2.15. The fourth-order valence-corrected chi connectivity index (χ4v) is 2.73. The number of hydrogen-bond donors (Lipinski definition) is 1. The predicted molar refractivity (Wildman–Crippen MR) is 70.8 cm³/mol. The second kappa shape index (κ2) is 5.54. The Balaban J connectivity index is 2.12. The van der Waals surface area contributed by atoms with Gasteiger partial charge in [-0.1, -0.05) is 20.3 Å². The summed E-state index contributed by atoms with van der Waals surface area (Å²) in [5.41, 5.74) is 6.53. The topological polar surface area (TPSA) is 47.1 Å². The monoisotopic (exact) mass is 236 g/mol. The van der Waals surface area contributed by atoms with Crippen molar-refractivity contribution in [3.05, 3.63) is 12.4 Å². The molecule has 1 saturated heterocycles. The van der Waals surface area contributed by atoms with Gasteiger partial charge in [0, 0.05) is 12.7 Å². The highest BCUT2D eigenvalue weighted by Gasteiger charge is 2.24. The quantitative estimate of drug-likeness (QED) is 0.874. The number of likely N-dealkylation sites (N-methyl/N-ethyl adjacent to an activating group) is 1. The second-order valence-corrected chi connectivity index (χ2v) is 5.10. The van der Waals surface area contributed by atoms with Crippen LogP contribution >= 0.6 is 0 Å². The van der Waals surface area contributed by atoms with Crippen molar-refractivity contribution in [2.24, 2.45) is 5.92 Å². The standard InChI is InChI=1S/C13H24N4/c1-3-11-5-6-16(4-2)10-13(7-11)17-9-12(14)8-15-17/h8-9,11,13H,3-7,10,14H2,1-2H3. The van der Waals surface area contributed by atoms with Gasteiger partial charge in [0.25, 0.3) is 0 Å². The number of nitrogens with two attached hydrogens (primary N) is 1. The third-order valence-electron chi connectivity index (χ3n) is 3.95. The highest BCUT2D eigenvalue weighted by Crippen LogP contribution is 2.27. The van der Waals surface area contributed by atoms with Crippen molar-refractivity contribution in [1.82, 2.24) is 14.7 Å². The highest BCUT2D eigenvalue weighted by atomic mass is 15.3. The van der Waals surface area contributed by atoms with E-state index in [2.05, 4.69) is 28.5 Å². The molecular formula is C13H24N4. The Hall–Kier alpha value is -1.03. The molecule has 2 rings (SSSR count). The normalized spacial score (nSPS) is 26.9. The molecule has 1 aliphatic rings. The molecule has 0 aliphatic carbocycles. The number of aromatic nitrogens is 2. The lowest BCUT2D eigenvalue weighted by atomic mass is 9.96. The molecule has 96 valence electrons. The molecule has 0 aromatic carbocycles. The molecule has 1 fully saturated rings. The Bertz CT molecular complexity index is 333. The van der Waals surface area contributed by atoms with Crippen LogP contribution in [0.2, 0.25) is 0 Å². The molecule has 0 radical (unpaired) electrons. The number of hydrogen-bond acceptors (Lipinski definition) is 3. The van der Waals surface area contributed by atoms with E-state index in [1.54, 1.807) is 6.20 Å². The Morgan fingerprint density at radius 3 is 2.88 bits per heavy atom. The van der Waals surface area contributed by atoms with Crippen molar-refractivity contribution in [2.75, 3.05) is 25.4 Å². The van der Waals surface area contributed by atoms with Gasteiger partial charge in [0.05, 0.1) is 17.9 Å². The minimum Gasteiger partial charge on any atom is -0.396 e. The molecule has 2 unspecified atom stereocenters. The SMILES string of the molecule is CCC1CCN(CC)CC(n2cc(N)cn2)C1. The first-order valence-corrected chi connectivity index (χ1v) is 6.74. The molecule has 2 heterocycles. The minimum absolute atomic E-state index is 0.486. The van der Waals surface area contributed by atoms with Crippen LogP contribution in [0.3, 0.4) is 0 Å². The van der Waals surface area contributed by atoms with E-state index in [1.165, 1.54) is 25.8 Å². The Morgan fingerprint density at radius 2 is 2.29 bits per heavy atom. The number of anilines is 1. The van der Waals surface area contributed by atoms with E-state index in [1.807, 2.05) is 6.20 Å². The number of nitrogen functional groups attached to an aromatic ring is 1. The summed E-state index contributed by atoms with van der Waals surface area (Å²) in [6.45, 7) is 7.99. The first-order valence-electron chi connectivity index (χ1n) is 6.74. The molecule has 0 spiro atoms. The summed E-state index contributed by atoms with van der Waals surface area (Å²) in [4.78, 5) is 2.53. The fraction of sp³-hybridized carbons (Fsp3) is 0.769. The average molecular weight is 236 g/mol. The van der Waals surface area contributed by atoms with Gasteiger partial charge in [0.15, 0.2) is 0 Å². The molecule has 0 bridgehead atoms. The molecule has 0 saturated carbocycles. The third-order valence-corrected chi connectivity index (χ3v) is 3.95. The summed E-state index contributed by atoms with van der Waals surface area (Å²) >= 11 is 0. The van der Waals surface area contributed by atoms with Gasteiger partial charge in [-0.3, -0.25) is 4.68 Å². The molecule has 2 N–H and O–H groups in total. The highest BCUT2D eigenvalue weighted by molar-refractivity contribution is 5.30. The molecule has 4 nitrogen and oxygen atoms in total. The van der Waals surface area contributed by atoms with Gasteiger partial charge in [-0.2, -0.15) is 5.10 Å². The van der Waals surface area contributed by atoms with Gasteiger partial charge in [-0.05, 0) is 31.8 Å². The first-order chi connectivity index (χ1) is 8.22. The lowest BCUT2D eigenvalue weighted by Crippen LogP contribution is -2.29. The van der Waals surface area contributed by atoms with Gasteiger partial charge in [-0.25, -0.2) is 0 Å². The molecular weight excluding hydrogens is 212 g/mol. The minimum atomic E-state index is 0.486. The Kier molecular flexibility index (Phi) is 4.05. The van der Waals surface area contributed by atoms with Crippen LogP contribution in [0.4, 0.5) is 5.69 Å². The van der Waals surface area contributed by atoms with Gasteiger partial charge >= 0.3 is 0 Å². The zero-order chi connectivity index (χ0) is 12.3. The summed E-state index contributed by atoms with van der Waals surface area (Å²) in [5, 5.41) is 4.38. The van der Waals surface area contributed by atoms with Crippen LogP contribution in [-0.2, 0) is 0 Å². The maximum absolute atomic E-state index is 5.76. The van der Waals surface area contributed by atoms with E-state index < -0.39 is 0 Å². The number of nitrogens with zero attached hydrogens (tertiary/aromatic N) is 3. The van der Waals surface area contributed by atoms with Crippen LogP contribution in [-0.4, -0.2) is 34.3 Å². The van der Waals surface area contributed by atoms with Crippen molar-refractivity contribution >= 4 is 5.69 Å². The molecule has 1 aromatic heterocycles. The molecule has 17 heavy (non-hydrogen) atoms. The van der Waals surface area contributed by atoms with Gasteiger partial charge in [0.1, 0.15) is 0 Å². The first kappa shape index (κ1) is 12.4. The maximum atomic E-state index is 5.76. The molecule has 0 amide bonds. The molecule has 2 atom stereocenters. The van der Waals surface area contributed by atoms with Crippen molar-refractivity contribution in [1.29, 1.82) is 0 Å². The van der Waals surface area contributed by atoms with Crippen LogP contribution < -0.4 is 5.73 Å². The van der Waals surface area contributed by atoms with Crippen molar-refractivity contribution in [3.8, 4) is 0 Å². The van der Waals surface area contributed by atoms with Crippen LogP contribution in [0.5, 0.6) is 0 Å². The summed E-state index contributed by atoms with van der Waals surface area (Å²) in [6, 6.07) is 0.486. The fourth-order valence-electron chi connectivity index (χ4n) is 2.73. The van der Waals surface area contributed by atoms with Gasteiger partial charge in [-0.15, -0.1) is 0 Å². The summed E-state index contributed by atoms with van der Waals surface area (Å²) in [6.07, 6.45) is 7.54. The van der Waals surface area contributed by atoms with E-state index >= 15 is 0 Å². The number of rotatable bonds is 3. The van der Waals surface area contributed by atoms with E-state index in [0.29, 0.717) is 6.04 Å². The zero-order valence-corrected chi connectivity index (χ0v) is 11.0. The van der Waals surface area contributed by atoms with E-state index in [-0.39, 0.29) is 0 Å². The largest absolute Gasteiger partial charge is 0.396 e. The van der Waals surface area contributed by atoms with E-state index in [4.69, 9.17) is 5.73 Å². The van der Waals surface area contributed by atoms with E-state index in [9.17, 15) is 0 Å². The average Bonchev–Trinajstić information content (AvgIpc) is 2.66. The van der Waals surface area contributed by atoms with Crippen molar-refractivity contribution < 1.29 is 0 Å². The van der Waals surface area contributed by atoms with Crippen LogP contribution in [0.1, 0.15) is 39.2 Å². The molecule has 1 aliphatic heterocycles. The van der Waals surface area contributed by atoms with Crippen LogP contribution in [0.15, 0.2) is 12.4 Å². The lowest BCUT2D eigenvalue weighted by molar-refractivity contribution is 0.252. The van der Waals surface area contributed by atoms with Gasteiger partial charge < -0.3 is 10.6 Å². The summed E-state index contributed by atoms with van der Waals surface area (Å²) in [7, 11) is 0. The Morgan fingerprint density at radius 1 is 1.47 bits per heavy atom. The maximum Gasteiger partial charge on any atom is 0.0719 e. The smallest absolute Gasteiger partial charge is 0.0719 e. The second-order valence-electron chi connectivity index (χ2n) is 5.10. The number of likely N-dealkylation sites (tertiary alicyclic amines) is 1. The lowest BCUT2D eigenvalue weighted by Gasteiger charge is -2.23. The zero-order valence-electron chi connectivity index (χ0n) is 11.0. The van der Waals surface area contributed by atoms with E-state index in [0.717, 1.165) is 24.7 Å². The Labute approximate surface area is 104 Å².